The predicted octanol–water partition coefficient (Wildman–Crippen LogP) is -0.814. The lowest BCUT2D eigenvalue weighted by atomic mass is 9.87. The summed E-state index contributed by atoms with van der Waals surface area (Å²) in [5, 5.41) is 13.8. The molecule has 0 aliphatic carbocycles. The molecule has 2 heterocycles. The molecule has 0 atom stereocenters. The summed E-state index contributed by atoms with van der Waals surface area (Å²) in [7, 11) is 0. The molecule has 2 aliphatic rings. The van der Waals surface area contributed by atoms with E-state index in [1.165, 1.54) is 24.3 Å². The summed E-state index contributed by atoms with van der Waals surface area (Å²) in [6.07, 6.45) is 0. The zero-order valence-electron chi connectivity index (χ0n) is 11.3. The normalized spacial score (nSPS) is 21.8. The molecule has 1 aromatic rings. The molecular weight excluding hydrogens is 308 g/mol. The van der Waals surface area contributed by atoms with Gasteiger partial charge in [-0.3, -0.25) is 25.0 Å². The first-order chi connectivity index (χ1) is 10.9. The van der Waals surface area contributed by atoms with Crippen LogP contribution in [0.5, 0.6) is 0 Å². The van der Waals surface area contributed by atoms with Crippen LogP contribution in [0.4, 0.5) is 4.79 Å². The van der Waals surface area contributed by atoms with Crippen LogP contribution in [-0.4, -0.2) is 40.3 Å². The SMILES string of the molecule is O=C1NC(=O)C2(OC(=O)C(=O)/C2=C(/O)c2ccccc2)C(=O)N1. The van der Waals surface area contributed by atoms with E-state index in [-0.39, 0.29) is 5.56 Å². The minimum Gasteiger partial charge on any atom is -0.507 e. The zero-order chi connectivity index (χ0) is 16.8. The highest BCUT2D eigenvalue weighted by Crippen LogP contribution is 2.36. The molecule has 9 heteroatoms. The number of rotatable bonds is 1. The lowest BCUT2D eigenvalue weighted by Gasteiger charge is -2.29. The summed E-state index contributed by atoms with van der Waals surface area (Å²) in [5.74, 6) is -6.25. The summed E-state index contributed by atoms with van der Waals surface area (Å²) in [5.41, 5.74) is -3.48. The molecule has 9 nitrogen and oxygen atoms in total. The number of esters is 1. The second-order valence-corrected chi connectivity index (χ2v) is 4.73. The molecule has 1 aromatic carbocycles. The van der Waals surface area contributed by atoms with E-state index in [9.17, 15) is 29.1 Å². The maximum absolute atomic E-state index is 12.1. The Morgan fingerprint density at radius 3 is 2.09 bits per heavy atom. The van der Waals surface area contributed by atoms with E-state index >= 15 is 0 Å². The summed E-state index contributed by atoms with van der Waals surface area (Å²) >= 11 is 0. The molecule has 116 valence electrons. The Morgan fingerprint density at radius 2 is 1.52 bits per heavy atom. The molecule has 0 radical (unpaired) electrons. The number of barbiturate groups is 1. The lowest BCUT2D eigenvalue weighted by molar-refractivity contribution is -0.165. The van der Waals surface area contributed by atoms with Gasteiger partial charge in [-0.1, -0.05) is 30.3 Å². The van der Waals surface area contributed by atoms with Gasteiger partial charge in [0.15, 0.2) is 0 Å². The highest BCUT2D eigenvalue weighted by molar-refractivity contribution is 6.50. The van der Waals surface area contributed by atoms with E-state index in [1.807, 2.05) is 0 Å². The number of hydrogen-bond acceptors (Lipinski definition) is 7. The summed E-state index contributed by atoms with van der Waals surface area (Å²) < 4.78 is 4.65. The number of benzene rings is 1. The maximum Gasteiger partial charge on any atom is 0.381 e. The third kappa shape index (κ3) is 1.90. The number of imide groups is 2. The molecule has 0 bridgehead atoms. The van der Waals surface area contributed by atoms with E-state index in [0.717, 1.165) is 0 Å². The fourth-order valence-corrected chi connectivity index (χ4v) is 2.35. The molecule has 2 fully saturated rings. The first kappa shape index (κ1) is 14.4. The number of Topliss-reactive ketones (excluding diaryl/α,β-unsaturated/α-hetero) is 1. The number of aliphatic hydroxyl groups is 1. The molecule has 3 rings (SSSR count). The highest BCUT2D eigenvalue weighted by Gasteiger charge is 2.66. The van der Waals surface area contributed by atoms with Gasteiger partial charge >= 0.3 is 17.6 Å². The van der Waals surface area contributed by atoms with Crippen LogP contribution >= 0.6 is 0 Å². The minimum absolute atomic E-state index is 0.0889. The number of aliphatic hydroxyl groups excluding tert-OH is 1. The largest absolute Gasteiger partial charge is 0.507 e. The van der Waals surface area contributed by atoms with Crippen molar-refractivity contribution in [1.82, 2.24) is 10.6 Å². The first-order valence-corrected chi connectivity index (χ1v) is 6.31. The van der Waals surface area contributed by atoms with Crippen molar-refractivity contribution in [2.45, 2.75) is 5.60 Å². The van der Waals surface area contributed by atoms with Crippen molar-refractivity contribution in [1.29, 1.82) is 0 Å². The Hall–Kier alpha value is -3.49. The van der Waals surface area contributed by atoms with E-state index < -0.39 is 46.5 Å². The molecule has 3 N–H and O–H groups in total. The van der Waals surface area contributed by atoms with Crippen molar-refractivity contribution < 1.29 is 33.8 Å². The van der Waals surface area contributed by atoms with Gasteiger partial charge in [0.25, 0.3) is 17.6 Å². The van der Waals surface area contributed by atoms with E-state index in [0.29, 0.717) is 0 Å². The quantitative estimate of drug-likeness (QED) is 0.202. The van der Waals surface area contributed by atoms with Crippen LogP contribution in [0.1, 0.15) is 5.56 Å². The van der Waals surface area contributed by atoms with E-state index in [2.05, 4.69) is 4.74 Å². The molecule has 2 aliphatic heterocycles. The Kier molecular flexibility index (Phi) is 2.99. The van der Waals surface area contributed by atoms with Gasteiger partial charge in [0.2, 0.25) is 0 Å². The van der Waals surface area contributed by atoms with Gasteiger partial charge in [-0.05, 0) is 0 Å². The van der Waals surface area contributed by atoms with Crippen LogP contribution in [0.25, 0.3) is 5.76 Å². The van der Waals surface area contributed by atoms with Crippen molar-refractivity contribution in [2.75, 3.05) is 0 Å². The van der Waals surface area contributed by atoms with Gasteiger partial charge in [-0.2, -0.15) is 0 Å². The lowest BCUT2D eigenvalue weighted by Crippen LogP contribution is -2.67. The molecule has 0 saturated carbocycles. The van der Waals surface area contributed by atoms with Gasteiger partial charge in [0.1, 0.15) is 11.3 Å². The summed E-state index contributed by atoms with van der Waals surface area (Å²) in [4.78, 5) is 59.0. The number of carbonyl (C=O) groups excluding carboxylic acids is 5. The minimum atomic E-state index is -2.73. The maximum atomic E-state index is 12.1. The van der Waals surface area contributed by atoms with Crippen LogP contribution in [0.3, 0.4) is 0 Å². The van der Waals surface area contributed by atoms with Gasteiger partial charge in [0, 0.05) is 5.56 Å². The zero-order valence-corrected chi connectivity index (χ0v) is 11.3. The molecule has 0 aromatic heterocycles. The number of ketones is 1. The highest BCUT2D eigenvalue weighted by atomic mass is 16.6. The van der Waals surface area contributed by atoms with Gasteiger partial charge in [0.05, 0.1) is 0 Å². The van der Waals surface area contributed by atoms with Crippen molar-refractivity contribution in [3.05, 3.63) is 41.5 Å². The number of hydrogen-bond donors (Lipinski definition) is 3. The van der Waals surface area contributed by atoms with Crippen LogP contribution in [0, 0.1) is 0 Å². The molecule has 1 spiro atoms. The monoisotopic (exact) mass is 316 g/mol. The summed E-state index contributed by atoms with van der Waals surface area (Å²) in [6, 6.07) is 6.37. The Morgan fingerprint density at radius 1 is 0.957 bits per heavy atom. The fraction of sp³-hybridized carbons (Fsp3) is 0.0714. The number of amides is 4. The van der Waals surface area contributed by atoms with Gasteiger partial charge in [-0.15, -0.1) is 0 Å². The second-order valence-electron chi connectivity index (χ2n) is 4.73. The molecule has 23 heavy (non-hydrogen) atoms. The van der Waals surface area contributed by atoms with Crippen LogP contribution in [0.2, 0.25) is 0 Å². The predicted molar refractivity (Wildman–Crippen MR) is 71.5 cm³/mol. The van der Waals surface area contributed by atoms with Crippen LogP contribution in [0.15, 0.2) is 35.9 Å². The molecular formula is C14H8N2O7. The average molecular weight is 316 g/mol. The standard InChI is InChI=1S/C14H8N2O7/c17-8(6-4-2-1-3-5-6)7-9(18)10(19)23-14(7)11(20)15-13(22)16-12(14)21/h1-5,17H,(H2,15,16,20,21,22)/b8-7-. The van der Waals surface area contributed by atoms with Crippen molar-refractivity contribution in [3.63, 3.8) is 0 Å². The van der Waals surface area contributed by atoms with Crippen molar-refractivity contribution in [2.24, 2.45) is 0 Å². The molecule has 0 unspecified atom stereocenters. The Balaban J connectivity index is 2.26. The third-order valence-electron chi connectivity index (χ3n) is 3.39. The van der Waals surface area contributed by atoms with Crippen LogP contribution in [-0.2, 0) is 23.9 Å². The second kappa shape index (κ2) is 4.77. The van der Waals surface area contributed by atoms with Crippen LogP contribution < -0.4 is 10.6 Å². The van der Waals surface area contributed by atoms with Crippen molar-refractivity contribution in [3.8, 4) is 0 Å². The Bertz CT molecular complexity index is 790. The number of ether oxygens (including phenoxy) is 1. The number of urea groups is 1. The van der Waals surface area contributed by atoms with E-state index in [4.69, 9.17) is 0 Å². The average Bonchev–Trinajstić information content (AvgIpc) is 2.78. The first-order valence-electron chi connectivity index (χ1n) is 6.31. The van der Waals surface area contributed by atoms with Crippen molar-refractivity contribution >= 4 is 35.4 Å². The topological polar surface area (TPSA) is 139 Å². The fourth-order valence-electron chi connectivity index (χ4n) is 2.35. The van der Waals surface area contributed by atoms with Gasteiger partial charge < -0.3 is 9.84 Å². The molecule has 2 saturated heterocycles. The van der Waals surface area contributed by atoms with Gasteiger partial charge in [-0.25, -0.2) is 9.59 Å². The smallest absolute Gasteiger partial charge is 0.381 e. The third-order valence-corrected chi connectivity index (χ3v) is 3.39. The Labute approximate surface area is 127 Å². The number of carbonyl (C=O) groups is 5. The molecule has 4 amide bonds. The van der Waals surface area contributed by atoms with E-state index in [1.54, 1.807) is 16.7 Å². The summed E-state index contributed by atoms with van der Waals surface area (Å²) in [6.45, 7) is 0. The number of nitrogens with one attached hydrogen (secondary N) is 2.